The standard InChI is InChI=1S/C26H23N3O4S/c30-21(15-29-25(32)17-9-4-5-10-18(17)26(29)33)28-24-22(19-11-6-12-20(19)34-24)23(31)27-14-13-16-7-2-1-3-8-16/h1-5,7-10H,6,11-15H2,(H,27,31)(H,28,30). The fraction of sp³-hybridized carbons (Fsp3) is 0.231. The molecule has 4 amide bonds. The number of rotatable bonds is 7. The minimum absolute atomic E-state index is 0.216. The Morgan fingerprint density at radius 1 is 0.912 bits per heavy atom. The lowest BCUT2D eigenvalue weighted by Crippen LogP contribution is -2.37. The molecule has 2 aromatic carbocycles. The third-order valence-electron chi connectivity index (χ3n) is 6.12. The van der Waals surface area contributed by atoms with E-state index in [1.54, 1.807) is 24.3 Å². The van der Waals surface area contributed by atoms with Crippen LogP contribution in [0.15, 0.2) is 54.6 Å². The number of carbonyl (C=O) groups excluding carboxylic acids is 4. The Labute approximate surface area is 200 Å². The first-order valence-corrected chi connectivity index (χ1v) is 12.1. The molecule has 7 nitrogen and oxygen atoms in total. The Bertz CT molecular complexity index is 1260. The fourth-order valence-corrected chi connectivity index (χ4v) is 5.78. The number of aryl methyl sites for hydroxylation is 1. The van der Waals surface area contributed by atoms with Gasteiger partial charge < -0.3 is 10.6 Å². The molecule has 0 fully saturated rings. The van der Waals surface area contributed by atoms with Crippen LogP contribution in [0.1, 0.15) is 53.5 Å². The van der Waals surface area contributed by atoms with Gasteiger partial charge in [-0.1, -0.05) is 42.5 Å². The highest BCUT2D eigenvalue weighted by Crippen LogP contribution is 2.39. The smallest absolute Gasteiger partial charge is 0.262 e. The number of fused-ring (bicyclic) bond motifs is 2. The van der Waals surface area contributed by atoms with Crippen LogP contribution in [0.25, 0.3) is 0 Å². The molecule has 2 aliphatic rings. The molecule has 1 aromatic heterocycles. The van der Waals surface area contributed by atoms with E-state index in [9.17, 15) is 19.2 Å². The molecule has 34 heavy (non-hydrogen) atoms. The van der Waals surface area contributed by atoms with E-state index in [0.717, 1.165) is 40.2 Å². The van der Waals surface area contributed by atoms with Gasteiger partial charge in [-0.05, 0) is 48.9 Å². The SMILES string of the molecule is O=C(CN1C(=O)c2ccccc2C1=O)Nc1sc2c(c1C(=O)NCCc1ccccc1)CCC2. The topological polar surface area (TPSA) is 95.6 Å². The minimum atomic E-state index is -0.507. The normalized spacial score (nSPS) is 14.2. The highest BCUT2D eigenvalue weighted by molar-refractivity contribution is 7.17. The quantitative estimate of drug-likeness (QED) is 0.514. The van der Waals surface area contributed by atoms with Crippen LogP contribution in [0.3, 0.4) is 0 Å². The van der Waals surface area contributed by atoms with Crippen molar-refractivity contribution in [2.24, 2.45) is 0 Å². The number of hydrogen-bond donors (Lipinski definition) is 2. The van der Waals surface area contributed by atoms with Gasteiger partial charge in [-0.15, -0.1) is 11.3 Å². The number of imide groups is 1. The molecular formula is C26H23N3O4S. The molecule has 0 unspecified atom stereocenters. The summed E-state index contributed by atoms with van der Waals surface area (Å²) in [7, 11) is 0. The number of carbonyl (C=O) groups is 4. The molecule has 0 spiro atoms. The second kappa shape index (κ2) is 9.23. The summed E-state index contributed by atoms with van der Waals surface area (Å²) < 4.78 is 0. The summed E-state index contributed by atoms with van der Waals surface area (Å²) >= 11 is 1.40. The average molecular weight is 474 g/mol. The van der Waals surface area contributed by atoms with Gasteiger partial charge in [0.2, 0.25) is 5.91 Å². The zero-order valence-electron chi connectivity index (χ0n) is 18.4. The number of hydrogen-bond acceptors (Lipinski definition) is 5. The summed E-state index contributed by atoms with van der Waals surface area (Å²) in [5.41, 5.74) is 3.22. The van der Waals surface area contributed by atoms with Gasteiger partial charge in [-0.2, -0.15) is 0 Å². The Morgan fingerprint density at radius 3 is 2.29 bits per heavy atom. The van der Waals surface area contributed by atoms with Crippen molar-refractivity contribution in [2.45, 2.75) is 25.7 Å². The van der Waals surface area contributed by atoms with Gasteiger partial charge in [0.25, 0.3) is 17.7 Å². The molecule has 0 radical (unpaired) electrons. The van der Waals surface area contributed by atoms with Gasteiger partial charge in [-0.25, -0.2) is 0 Å². The fourth-order valence-electron chi connectivity index (χ4n) is 4.48. The maximum atomic E-state index is 13.1. The average Bonchev–Trinajstić information content (AvgIpc) is 3.49. The zero-order valence-corrected chi connectivity index (χ0v) is 19.2. The van der Waals surface area contributed by atoms with E-state index in [1.807, 2.05) is 30.3 Å². The van der Waals surface area contributed by atoms with Crippen LogP contribution in [-0.2, 0) is 24.1 Å². The van der Waals surface area contributed by atoms with Crippen molar-refractivity contribution in [3.63, 3.8) is 0 Å². The van der Waals surface area contributed by atoms with Gasteiger partial charge in [0.05, 0.1) is 16.7 Å². The molecule has 2 heterocycles. The predicted molar refractivity (Wildman–Crippen MR) is 129 cm³/mol. The first kappa shape index (κ1) is 22.0. The van der Waals surface area contributed by atoms with Gasteiger partial charge in [0, 0.05) is 11.4 Å². The number of nitrogens with zero attached hydrogens (tertiary/aromatic N) is 1. The van der Waals surface area contributed by atoms with Crippen LogP contribution in [0.5, 0.6) is 0 Å². The second-order valence-corrected chi connectivity index (χ2v) is 9.45. The van der Waals surface area contributed by atoms with E-state index in [2.05, 4.69) is 10.6 Å². The van der Waals surface area contributed by atoms with E-state index in [0.29, 0.717) is 34.7 Å². The summed E-state index contributed by atoms with van der Waals surface area (Å²) in [4.78, 5) is 53.1. The van der Waals surface area contributed by atoms with Crippen LogP contribution in [0.4, 0.5) is 5.00 Å². The summed E-state index contributed by atoms with van der Waals surface area (Å²) in [5.74, 6) is -1.69. The van der Waals surface area contributed by atoms with Crippen molar-refractivity contribution in [3.8, 4) is 0 Å². The van der Waals surface area contributed by atoms with Crippen LogP contribution >= 0.6 is 11.3 Å². The van der Waals surface area contributed by atoms with Crippen molar-refractivity contribution in [1.82, 2.24) is 10.2 Å². The summed E-state index contributed by atoms with van der Waals surface area (Å²) in [6.07, 6.45) is 3.36. The summed E-state index contributed by atoms with van der Waals surface area (Å²) in [6.45, 7) is 0.0832. The van der Waals surface area contributed by atoms with Crippen molar-refractivity contribution in [2.75, 3.05) is 18.4 Å². The molecule has 0 saturated carbocycles. The Morgan fingerprint density at radius 2 is 1.59 bits per heavy atom. The van der Waals surface area contributed by atoms with Crippen molar-refractivity contribution in [3.05, 3.63) is 87.3 Å². The molecule has 1 aliphatic carbocycles. The van der Waals surface area contributed by atoms with Crippen LogP contribution in [-0.4, -0.2) is 41.6 Å². The van der Waals surface area contributed by atoms with Gasteiger partial charge in [0.1, 0.15) is 11.5 Å². The maximum Gasteiger partial charge on any atom is 0.262 e. The molecule has 0 bridgehead atoms. The molecule has 0 atom stereocenters. The van der Waals surface area contributed by atoms with Gasteiger partial charge in [0.15, 0.2) is 0 Å². The number of benzene rings is 2. The summed E-state index contributed by atoms with van der Waals surface area (Å²) in [6, 6.07) is 16.4. The Hall–Kier alpha value is -3.78. The monoisotopic (exact) mass is 473 g/mol. The second-order valence-electron chi connectivity index (χ2n) is 8.34. The van der Waals surface area contributed by atoms with E-state index in [1.165, 1.54) is 11.3 Å². The first-order valence-electron chi connectivity index (χ1n) is 11.2. The number of amides is 4. The molecule has 172 valence electrons. The van der Waals surface area contributed by atoms with E-state index in [4.69, 9.17) is 0 Å². The lowest BCUT2D eigenvalue weighted by atomic mass is 10.1. The number of thiophene rings is 1. The van der Waals surface area contributed by atoms with Crippen LogP contribution in [0, 0.1) is 0 Å². The predicted octanol–water partition coefficient (Wildman–Crippen LogP) is 3.44. The largest absolute Gasteiger partial charge is 0.352 e. The highest BCUT2D eigenvalue weighted by atomic mass is 32.1. The van der Waals surface area contributed by atoms with E-state index in [-0.39, 0.29) is 5.91 Å². The molecule has 5 rings (SSSR count). The Balaban J connectivity index is 1.28. The molecule has 2 N–H and O–H groups in total. The summed E-state index contributed by atoms with van der Waals surface area (Å²) in [5, 5.41) is 6.25. The lowest BCUT2D eigenvalue weighted by Gasteiger charge is -2.14. The highest BCUT2D eigenvalue weighted by Gasteiger charge is 2.36. The molecular weight excluding hydrogens is 450 g/mol. The lowest BCUT2D eigenvalue weighted by molar-refractivity contribution is -0.116. The van der Waals surface area contributed by atoms with E-state index >= 15 is 0 Å². The van der Waals surface area contributed by atoms with Gasteiger partial charge in [-0.3, -0.25) is 24.1 Å². The van der Waals surface area contributed by atoms with Crippen molar-refractivity contribution in [1.29, 1.82) is 0 Å². The maximum absolute atomic E-state index is 13.1. The third-order valence-corrected chi connectivity index (χ3v) is 7.33. The van der Waals surface area contributed by atoms with E-state index < -0.39 is 24.3 Å². The Kier molecular flexibility index (Phi) is 5.98. The van der Waals surface area contributed by atoms with Crippen LogP contribution < -0.4 is 10.6 Å². The molecule has 0 saturated heterocycles. The first-order chi connectivity index (χ1) is 16.5. The molecule has 8 heteroatoms. The third kappa shape index (κ3) is 4.12. The van der Waals surface area contributed by atoms with Crippen LogP contribution in [0.2, 0.25) is 0 Å². The number of anilines is 1. The molecule has 3 aromatic rings. The molecule has 1 aliphatic heterocycles. The van der Waals surface area contributed by atoms with Gasteiger partial charge >= 0.3 is 0 Å². The number of nitrogens with one attached hydrogen (secondary N) is 2. The van der Waals surface area contributed by atoms with Crippen molar-refractivity contribution >= 4 is 40.0 Å². The van der Waals surface area contributed by atoms with Crippen molar-refractivity contribution < 1.29 is 19.2 Å². The zero-order chi connectivity index (χ0) is 23.7. The minimum Gasteiger partial charge on any atom is -0.352 e.